The first kappa shape index (κ1) is 13.3. The number of rotatable bonds is 4. The van der Waals surface area contributed by atoms with Crippen LogP contribution in [-0.2, 0) is 11.3 Å². The number of ether oxygens (including phenoxy) is 1. The van der Waals surface area contributed by atoms with Crippen molar-refractivity contribution in [3.8, 4) is 0 Å². The summed E-state index contributed by atoms with van der Waals surface area (Å²) in [6.07, 6.45) is 1.19. The van der Waals surface area contributed by atoms with E-state index in [9.17, 15) is 0 Å². The lowest BCUT2D eigenvalue weighted by molar-refractivity contribution is 0.0250. The van der Waals surface area contributed by atoms with Gasteiger partial charge in [0.05, 0.1) is 16.0 Å². The molecule has 1 aromatic rings. The molecule has 17 heavy (non-hydrogen) atoms. The smallest absolute Gasteiger partial charge is 0.0931 e. The fourth-order valence-corrected chi connectivity index (χ4v) is 3.66. The molecule has 2 rings (SSSR count). The van der Waals surface area contributed by atoms with Gasteiger partial charge in [0, 0.05) is 24.6 Å². The first-order chi connectivity index (χ1) is 8.08. The van der Waals surface area contributed by atoms with Crippen molar-refractivity contribution in [1.29, 1.82) is 0 Å². The summed E-state index contributed by atoms with van der Waals surface area (Å²) in [5.74, 6) is 0. The van der Waals surface area contributed by atoms with Crippen LogP contribution in [0, 0.1) is 0 Å². The van der Waals surface area contributed by atoms with Gasteiger partial charge in [-0.3, -0.25) is 4.90 Å². The van der Waals surface area contributed by atoms with Crippen molar-refractivity contribution in [1.82, 2.24) is 4.90 Å². The van der Waals surface area contributed by atoms with Crippen LogP contribution in [0.1, 0.15) is 18.2 Å². The van der Waals surface area contributed by atoms with E-state index >= 15 is 0 Å². The average Bonchev–Trinajstić information content (AvgIpc) is 2.86. The van der Waals surface area contributed by atoms with E-state index in [0.717, 1.165) is 23.9 Å². The molecular weight excluding hydrogens is 256 g/mol. The third-order valence-corrected chi connectivity index (χ3v) is 5.01. The fourth-order valence-electron chi connectivity index (χ4n) is 2.52. The van der Waals surface area contributed by atoms with Crippen molar-refractivity contribution in [2.24, 2.45) is 5.73 Å². The second-order valence-electron chi connectivity index (χ2n) is 4.63. The molecule has 0 amide bonds. The predicted molar refractivity (Wildman–Crippen MR) is 72.6 cm³/mol. The van der Waals surface area contributed by atoms with Gasteiger partial charge in [0.15, 0.2) is 0 Å². The topological polar surface area (TPSA) is 38.5 Å². The molecular formula is C12H19ClN2OS. The van der Waals surface area contributed by atoms with Gasteiger partial charge in [-0.05, 0) is 32.5 Å². The van der Waals surface area contributed by atoms with Crippen LogP contribution >= 0.6 is 22.9 Å². The summed E-state index contributed by atoms with van der Waals surface area (Å²) in [7, 11) is 2.12. The molecule has 0 bridgehead atoms. The Kier molecular flexibility index (Phi) is 4.10. The quantitative estimate of drug-likeness (QED) is 0.916. The van der Waals surface area contributed by atoms with Crippen molar-refractivity contribution in [3.05, 3.63) is 21.3 Å². The van der Waals surface area contributed by atoms with Crippen molar-refractivity contribution >= 4 is 22.9 Å². The molecule has 5 heteroatoms. The zero-order valence-corrected chi connectivity index (χ0v) is 11.9. The molecule has 2 atom stereocenters. The fraction of sp³-hybridized carbons (Fsp3) is 0.667. The normalized spacial score (nSPS) is 29.1. The zero-order chi connectivity index (χ0) is 12.5. The molecule has 2 heterocycles. The largest absolute Gasteiger partial charge is 0.376 e. The number of hydrogen-bond acceptors (Lipinski definition) is 4. The Morgan fingerprint density at radius 3 is 2.88 bits per heavy atom. The predicted octanol–water partition coefficient (Wildman–Crippen LogP) is 2.34. The van der Waals surface area contributed by atoms with Crippen LogP contribution in [0.4, 0.5) is 0 Å². The molecule has 1 aliphatic heterocycles. The molecule has 0 aromatic carbocycles. The van der Waals surface area contributed by atoms with Gasteiger partial charge in [-0.1, -0.05) is 11.6 Å². The summed E-state index contributed by atoms with van der Waals surface area (Å²) < 4.78 is 6.52. The Hall–Kier alpha value is -0.130. The van der Waals surface area contributed by atoms with Gasteiger partial charge in [-0.15, -0.1) is 11.3 Å². The van der Waals surface area contributed by atoms with Gasteiger partial charge < -0.3 is 10.5 Å². The third-order valence-electron chi connectivity index (χ3n) is 3.80. The summed E-state index contributed by atoms with van der Waals surface area (Å²) >= 11 is 7.58. The molecule has 0 spiro atoms. The van der Waals surface area contributed by atoms with Crippen molar-refractivity contribution < 1.29 is 4.74 Å². The molecule has 1 saturated heterocycles. The van der Waals surface area contributed by atoms with E-state index in [2.05, 4.69) is 24.9 Å². The second-order valence-corrected chi connectivity index (χ2v) is 6.43. The van der Waals surface area contributed by atoms with Crippen LogP contribution in [-0.4, -0.2) is 36.7 Å². The van der Waals surface area contributed by atoms with E-state index in [4.69, 9.17) is 22.1 Å². The Labute approximate surface area is 112 Å². The highest BCUT2D eigenvalue weighted by Crippen LogP contribution is 2.32. The summed E-state index contributed by atoms with van der Waals surface area (Å²) in [4.78, 5) is 3.58. The summed E-state index contributed by atoms with van der Waals surface area (Å²) in [5.41, 5.74) is 5.94. The molecule has 1 fully saturated rings. The van der Waals surface area contributed by atoms with Crippen molar-refractivity contribution in [2.45, 2.75) is 31.5 Å². The van der Waals surface area contributed by atoms with E-state index in [1.165, 1.54) is 4.88 Å². The Bertz CT molecular complexity index is 384. The number of nitrogens with two attached hydrogens (primary N) is 1. The van der Waals surface area contributed by atoms with Crippen LogP contribution in [0.5, 0.6) is 0 Å². The van der Waals surface area contributed by atoms with E-state index in [0.29, 0.717) is 6.54 Å². The maximum Gasteiger partial charge on any atom is 0.0931 e. The Morgan fingerprint density at radius 1 is 1.65 bits per heavy atom. The molecule has 2 N–H and O–H groups in total. The van der Waals surface area contributed by atoms with Crippen molar-refractivity contribution in [3.63, 3.8) is 0 Å². The van der Waals surface area contributed by atoms with Gasteiger partial charge in [-0.25, -0.2) is 0 Å². The van der Waals surface area contributed by atoms with E-state index < -0.39 is 0 Å². The third kappa shape index (κ3) is 2.51. The highest BCUT2D eigenvalue weighted by atomic mass is 35.5. The standard InChI is InChI=1S/C12H19ClN2OS/c1-9-12(8-14,5-6-16-9)15(2)7-10-3-4-11(13)17-10/h3-4,9H,5-8,14H2,1-2H3. The first-order valence-corrected chi connectivity index (χ1v) is 7.05. The van der Waals surface area contributed by atoms with E-state index in [1.54, 1.807) is 11.3 Å². The van der Waals surface area contributed by atoms with Gasteiger partial charge >= 0.3 is 0 Å². The number of likely N-dealkylation sites (N-methyl/N-ethyl adjacent to an activating group) is 1. The summed E-state index contributed by atoms with van der Waals surface area (Å²) in [5, 5.41) is 0. The van der Waals surface area contributed by atoms with Gasteiger partial charge in [0.2, 0.25) is 0 Å². The maximum atomic E-state index is 5.97. The minimum atomic E-state index is -0.0313. The molecule has 2 unspecified atom stereocenters. The Morgan fingerprint density at radius 2 is 2.41 bits per heavy atom. The number of thiophene rings is 1. The Balaban J connectivity index is 2.10. The lowest BCUT2D eigenvalue weighted by atomic mass is 9.90. The highest BCUT2D eigenvalue weighted by Gasteiger charge is 2.43. The van der Waals surface area contributed by atoms with E-state index in [-0.39, 0.29) is 11.6 Å². The minimum Gasteiger partial charge on any atom is -0.376 e. The lowest BCUT2D eigenvalue weighted by Gasteiger charge is -2.40. The highest BCUT2D eigenvalue weighted by molar-refractivity contribution is 7.16. The van der Waals surface area contributed by atoms with Crippen LogP contribution in [0.2, 0.25) is 4.34 Å². The maximum absolute atomic E-state index is 5.97. The zero-order valence-electron chi connectivity index (χ0n) is 10.3. The van der Waals surface area contributed by atoms with Crippen LogP contribution in [0.25, 0.3) is 0 Å². The van der Waals surface area contributed by atoms with E-state index in [1.807, 2.05) is 6.07 Å². The molecule has 0 radical (unpaired) electrons. The van der Waals surface area contributed by atoms with Crippen molar-refractivity contribution in [2.75, 3.05) is 20.2 Å². The van der Waals surface area contributed by atoms with Gasteiger partial charge in [-0.2, -0.15) is 0 Å². The SMILES string of the molecule is CC1OCCC1(CN)N(C)Cc1ccc(Cl)s1. The first-order valence-electron chi connectivity index (χ1n) is 5.85. The van der Waals surface area contributed by atoms with Gasteiger partial charge in [0.1, 0.15) is 0 Å². The van der Waals surface area contributed by atoms with Crippen LogP contribution in [0.15, 0.2) is 12.1 Å². The molecule has 1 aliphatic rings. The lowest BCUT2D eigenvalue weighted by Crippen LogP contribution is -2.56. The summed E-state index contributed by atoms with van der Waals surface area (Å²) in [6, 6.07) is 4.02. The molecule has 96 valence electrons. The average molecular weight is 275 g/mol. The number of halogens is 1. The minimum absolute atomic E-state index is 0.0313. The number of hydrogen-bond donors (Lipinski definition) is 1. The van der Waals surface area contributed by atoms with Crippen LogP contribution < -0.4 is 5.73 Å². The summed E-state index contributed by atoms with van der Waals surface area (Å²) in [6.45, 7) is 4.41. The monoisotopic (exact) mass is 274 g/mol. The molecule has 0 saturated carbocycles. The molecule has 3 nitrogen and oxygen atoms in total. The molecule has 1 aromatic heterocycles. The second kappa shape index (κ2) is 5.24. The number of nitrogens with zero attached hydrogens (tertiary/aromatic N) is 1. The molecule has 0 aliphatic carbocycles. The van der Waals surface area contributed by atoms with Gasteiger partial charge in [0.25, 0.3) is 0 Å². The van der Waals surface area contributed by atoms with Crippen LogP contribution in [0.3, 0.4) is 0 Å².